The van der Waals surface area contributed by atoms with Gasteiger partial charge in [-0.25, -0.2) is 0 Å². The molecule has 0 radical (unpaired) electrons. The van der Waals surface area contributed by atoms with Crippen LogP contribution in [0, 0.1) is 17.2 Å². The molecule has 1 atom stereocenters. The lowest BCUT2D eigenvalue weighted by Crippen LogP contribution is -2.11. The minimum Gasteiger partial charge on any atom is -0.313 e. The molecule has 0 heterocycles. The molecule has 0 aliphatic rings. The zero-order valence-corrected chi connectivity index (χ0v) is 12.3. The minimum absolute atomic E-state index is 0.697. The van der Waals surface area contributed by atoms with Crippen molar-refractivity contribution >= 4 is 11.8 Å². The first-order valence-corrected chi connectivity index (χ1v) is 7.56. The first-order valence-electron chi connectivity index (χ1n) is 6.57. The van der Waals surface area contributed by atoms with E-state index in [1.807, 2.05) is 6.07 Å². The lowest BCUT2D eigenvalue weighted by molar-refractivity contribution is 0.637. The van der Waals surface area contributed by atoms with Gasteiger partial charge in [0.05, 0.1) is 5.56 Å². The van der Waals surface area contributed by atoms with Crippen LogP contribution in [-0.4, -0.2) is 12.3 Å². The second-order valence-electron chi connectivity index (χ2n) is 4.55. The van der Waals surface area contributed by atoms with Gasteiger partial charge in [-0.3, -0.25) is 0 Å². The van der Waals surface area contributed by atoms with E-state index in [4.69, 9.17) is 0 Å². The van der Waals surface area contributed by atoms with E-state index in [0.29, 0.717) is 5.92 Å². The number of hydrogen-bond donors (Lipinski definition) is 1. The van der Waals surface area contributed by atoms with Gasteiger partial charge in [0.25, 0.3) is 0 Å². The van der Waals surface area contributed by atoms with Crippen molar-refractivity contribution in [2.24, 2.45) is 5.92 Å². The summed E-state index contributed by atoms with van der Waals surface area (Å²) in [7, 11) is 0. The van der Waals surface area contributed by atoms with E-state index in [1.54, 1.807) is 11.8 Å². The number of thioether (sulfide) groups is 1. The molecule has 98 valence electrons. The summed E-state index contributed by atoms with van der Waals surface area (Å²) in [5, 5.41) is 12.5. The molecule has 1 N–H and O–H groups in total. The number of nitriles is 1. The molecule has 3 heteroatoms. The van der Waals surface area contributed by atoms with Crippen LogP contribution in [0.2, 0.25) is 0 Å². The van der Waals surface area contributed by atoms with E-state index >= 15 is 0 Å². The molecule has 1 aromatic carbocycles. The molecule has 0 saturated carbocycles. The summed E-state index contributed by atoms with van der Waals surface area (Å²) in [6, 6.07) is 8.50. The van der Waals surface area contributed by atoms with E-state index in [-0.39, 0.29) is 0 Å². The van der Waals surface area contributed by atoms with Crippen molar-refractivity contribution in [3.63, 3.8) is 0 Å². The van der Waals surface area contributed by atoms with Crippen LogP contribution in [0.5, 0.6) is 0 Å². The van der Waals surface area contributed by atoms with Crippen LogP contribution in [-0.2, 0) is 6.54 Å². The van der Waals surface area contributed by atoms with Crippen molar-refractivity contribution in [2.75, 3.05) is 12.3 Å². The maximum absolute atomic E-state index is 9.21. The van der Waals surface area contributed by atoms with Gasteiger partial charge in [-0.05, 0) is 30.2 Å². The van der Waals surface area contributed by atoms with Crippen molar-refractivity contribution in [3.05, 3.63) is 29.3 Å². The van der Waals surface area contributed by atoms with Crippen LogP contribution >= 0.6 is 11.8 Å². The fraction of sp³-hybridized carbons (Fsp3) is 0.533. The smallest absolute Gasteiger partial charge is 0.100 e. The number of rotatable bonds is 7. The SMILES string of the molecule is CCNCc1ccc(SCC(C)CC)c(C#N)c1. The van der Waals surface area contributed by atoms with Crippen LogP contribution in [0.4, 0.5) is 0 Å². The highest BCUT2D eigenvalue weighted by molar-refractivity contribution is 7.99. The molecule has 0 fully saturated rings. The highest BCUT2D eigenvalue weighted by atomic mass is 32.2. The number of hydrogen-bond acceptors (Lipinski definition) is 3. The van der Waals surface area contributed by atoms with Gasteiger partial charge in [0.1, 0.15) is 6.07 Å². The Labute approximate surface area is 115 Å². The summed E-state index contributed by atoms with van der Waals surface area (Å²) in [6.45, 7) is 8.32. The highest BCUT2D eigenvalue weighted by Gasteiger charge is 2.06. The van der Waals surface area contributed by atoms with E-state index in [2.05, 4.69) is 44.3 Å². The maximum atomic E-state index is 9.21. The lowest BCUT2D eigenvalue weighted by atomic mass is 10.1. The Morgan fingerprint density at radius 1 is 1.39 bits per heavy atom. The van der Waals surface area contributed by atoms with E-state index in [1.165, 1.54) is 12.0 Å². The molecule has 2 nitrogen and oxygen atoms in total. The van der Waals surface area contributed by atoms with Gasteiger partial charge in [0, 0.05) is 17.2 Å². The maximum Gasteiger partial charge on any atom is 0.100 e. The zero-order valence-electron chi connectivity index (χ0n) is 11.5. The Kier molecular flexibility index (Phi) is 6.85. The molecular weight excluding hydrogens is 240 g/mol. The standard InChI is InChI=1S/C15H22N2S/c1-4-12(3)11-18-15-7-6-13(10-17-5-2)8-14(15)9-16/h6-8,12,17H,4-5,10-11H2,1-3H3. The van der Waals surface area contributed by atoms with Gasteiger partial charge < -0.3 is 5.32 Å². The van der Waals surface area contributed by atoms with Gasteiger partial charge >= 0.3 is 0 Å². The van der Waals surface area contributed by atoms with Crippen molar-refractivity contribution in [3.8, 4) is 6.07 Å². The molecule has 0 bridgehead atoms. The Balaban J connectivity index is 2.71. The zero-order chi connectivity index (χ0) is 13.4. The molecular formula is C15H22N2S. The summed E-state index contributed by atoms with van der Waals surface area (Å²) in [6.07, 6.45) is 1.19. The van der Waals surface area contributed by atoms with Gasteiger partial charge in [0.15, 0.2) is 0 Å². The fourth-order valence-corrected chi connectivity index (χ4v) is 2.64. The van der Waals surface area contributed by atoms with Crippen LogP contribution in [0.3, 0.4) is 0 Å². The topological polar surface area (TPSA) is 35.8 Å². The van der Waals surface area contributed by atoms with E-state index in [0.717, 1.165) is 29.3 Å². The van der Waals surface area contributed by atoms with Gasteiger partial charge in [-0.1, -0.05) is 33.3 Å². The van der Waals surface area contributed by atoms with Gasteiger partial charge in [-0.2, -0.15) is 5.26 Å². The second-order valence-corrected chi connectivity index (χ2v) is 5.61. The summed E-state index contributed by atoms with van der Waals surface area (Å²) in [5.74, 6) is 1.78. The van der Waals surface area contributed by atoms with Crippen molar-refractivity contribution in [1.29, 1.82) is 5.26 Å². The minimum atomic E-state index is 0.697. The molecule has 0 saturated heterocycles. The summed E-state index contributed by atoms with van der Waals surface area (Å²) >= 11 is 1.79. The molecule has 1 aromatic rings. The largest absolute Gasteiger partial charge is 0.313 e. The van der Waals surface area contributed by atoms with E-state index in [9.17, 15) is 5.26 Å². The van der Waals surface area contributed by atoms with Crippen LogP contribution < -0.4 is 5.32 Å². The first-order chi connectivity index (χ1) is 8.71. The van der Waals surface area contributed by atoms with Crippen molar-refractivity contribution < 1.29 is 0 Å². The Morgan fingerprint density at radius 3 is 2.78 bits per heavy atom. The fourth-order valence-electron chi connectivity index (χ4n) is 1.52. The average Bonchev–Trinajstić information content (AvgIpc) is 2.42. The van der Waals surface area contributed by atoms with E-state index < -0.39 is 0 Å². The second kappa shape index (κ2) is 8.18. The molecule has 0 spiro atoms. The Hall–Kier alpha value is -0.980. The molecule has 0 amide bonds. The number of nitrogens with zero attached hydrogens (tertiary/aromatic N) is 1. The Bertz CT molecular complexity index is 409. The van der Waals surface area contributed by atoms with Gasteiger partial charge in [-0.15, -0.1) is 11.8 Å². The molecule has 1 rings (SSSR count). The molecule has 0 aliphatic carbocycles. The van der Waals surface area contributed by atoms with Gasteiger partial charge in [0.2, 0.25) is 0 Å². The molecule has 0 aromatic heterocycles. The monoisotopic (exact) mass is 262 g/mol. The number of nitrogens with one attached hydrogen (secondary N) is 1. The third kappa shape index (κ3) is 4.72. The third-order valence-corrected chi connectivity index (χ3v) is 4.37. The molecule has 1 unspecified atom stereocenters. The summed E-state index contributed by atoms with van der Waals surface area (Å²) < 4.78 is 0. The van der Waals surface area contributed by atoms with Crippen molar-refractivity contribution in [1.82, 2.24) is 5.32 Å². The van der Waals surface area contributed by atoms with Crippen molar-refractivity contribution in [2.45, 2.75) is 38.6 Å². The first kappa shape index (κ1) is 15.1. The Morgan fingerprint density at radius 2 is 2.17 bits per heavy atom. The number of benzene rings is 1. The third-order valence-electron chi connectivity index (χ3n) is 2.96. The summed E-state index contributed by atoms with van der Waals surface area (Å²) in [5.41, 5.74) is 1.99. The predicted octanol–water partition coefficient (Wildman–Crippen LogP) is 3.81. The highest BCUT2D eigenvalue weighted by Crippen LogP contribution is 2.26. The summed E-state index contributed by atoms with van der Waals surface area (Å²) in [4.78, 5) is 1.11. The van der Waals surface area contributed by atoms with Crippen LogP contribution in [0.15, 0.2) is 23.1 Å². The molecule has 18 heavy (non-hydrogen) atoms. The van der Waals surface area contributed by atoms with Crippen LogP contribution in [0.25, 0.3) is 0 Å². The average molecular weight is 262 g/mol. The van der Waals surface area contributed by atoms with Crippen LogP contribution in [0.1, 0.15) is 38.3 Å². The lowest BCUT2D eigenvalue weighted by Gasteiger charge is -2.10. The molecule has 0 aliphatic heterocycles. The predicted molar refractivity (Wildman–Crippen MR) is 78.7 cm³/mol. The normalized spacial score (nSPS) is 12.1. The quantitative estimate of drug-likeness (QED) is 0.759.